The highest BCUT2D eigenvalue weighted by Gasteiger charge is 2.04. The summed E-state index contributed by atoms with van der Waals surface area (Å²) >= 11 is 0. The molecule has 2 rings (SSSR count). The Bertz CT molecular complexity index is 538. The number of carbonyl (C=O) groups excluding carboxylic acids is 1. The molecule has 2 aromatic rings. The first-order valence-electron chi connectivity index (χ1n) is 4.95. The van der Waals surface area contributed by atoms with Crippen LogP contribution in [-0.2, 0) is 0 Å². The number of nitrogen functional groups attached to an aromatic ring is 1. The number of aromatic nitrogens is 1. The number of amides is 1. The Morgan fingerprint density at radius 2 is 1.94 bits per heavy atom. The Hall–Kier alpha value is -2.56. The van der Waals surface area contributed by atoms with Crippen LogP contribution in [0.2, 0.25) is 0 Å². The largest absolute Gasteiger partial charge is 0.437 e. The Balaban J connectivity index is 2.20. The molecule has 0 bridgehead atoms. The molecule has 0 aliphatic rings. The molecule has 0 aliphatic heterocycles. The number of rotatable bonds is 3. The van der Waals surface area contributed by atoms with Crippen molar-refractivity contribution in [3.8, 4) is 11.6 Å². The topological polar surface area (TPSA) is 91.2 Å². The highest BCUT2D eigenvalue weighted by molar-refractivity contribution is 5.92. The second-order valence-corrected chi connectivity index (χ2v) is 3.39. The molecule has 1 amide bonds. The molecular formula is C12H11N3O2. The third-order valence-electron chi connectivity index (χ3n) is 2.15. The van der Waals surface area contributed by atoms with Crippen LogP contribution in [0.1, 0.15) is 10.4 Å². The van der Waals surface area contributed by atoms with Crippen LogP contribution < -0.4 is 16.2 Å². The average molecular weight is 229 g/mol. The molecule has 0 atom stereocenters. The zero-order valence-corrected chi connectivity index (χ0v) is 8.96. The minimum absolute atomic E-state index is 0.332. The Morgan fingerprint density at radius 3 is 2.53 bits per heavy atom. The molecular weight excluding hydrogens is 218 g/mol. The number of nitrogens with zero attached hydrogens (tertiary/aromatic N) is 1. The maximum absolute atomic E-state index is 10.8. The minimum Gasteiger partial charge on any atom is -0.437 e. The molecule has 0 aliphatic carbocycles. The summed E-state index contributed by atoms with van der Waals surface area (Å²) in [7, 11) is 0. The van der Waals surface area contributed by atoms with E-state index in [9.17, 15) is 4.79 Å². The number of carbonyl (C=O) groups is 1. The van der Waals surface area contributed by atoms with Crippen LogP contribution in [0.5, 0.6) is 11.6 Å². The second-order valence-electron chi connectivity index (χ2n) is 3.39. The van der Waals surface area contributed by atoms with E-state index in [-0.39, 0.29) is 0 Å². The van der Waals surface area contributed by atoms with Crippen molar-refractivity contribution in [1.29, 1.82) is 0 Å². The van der Waals surface area contributed by atoms with Crippen molar-refractivity contribution < 1.29 is 9.53 Å². The van der Waals surface area contributed by atoms with Crippen molar-refractivity contribution in [1.82, 2.24) is 4.98 Å². The summed E-state index contributed by atoms with van der Waals surface area (Å²) in [5, 5.41) is 0. The van der Waals surface area contributed by atoms with Crippen molar-refractivity contribution in [3.63, 3.8) is 0 Å². The van der Waals surface area contributed by atoms with Gasteiger partial charge >= 0.3 is 0 Å². The summed E-state index contributed by atoms with van der Waals surface area (Å²) in [6.45, 7) is 0. The number of benzene rings is 1. The van der Waals surface area contributed by atoms with Crippen molar-refractivity contribution in [2.45, 2.75) is 0 Å². The molecule has 0 radical (unpaired) electrons. The Morgan fingerprint density at radius 1 is 1.18 bits per heavy atom. The van der Waals surface area contributed by atoms with Gasteiger partial charge in [0.1, 0.15) is 0 Å². The molecule has 5 heteroatoms. The summed E-state index contributed by atoms with van der Waals surface area (Å²) < 4.78 is 5.46. The fourth-order valence-corrected chi connectivity index (χ4v) is 1.27. The smallest absolute Gasteiger partial charge is 0.250 e. The lowest BCUT2D eigenvalue weighted by molar-refractivity contribution is 0.1000. The van der Waals surface area contributed by atoms with Gasteiger partial charge < -0.3 is 16.2 Å². The van der Waals surface area contributed by atoms with Crippen molar-refractivity contribution in [2.24, 2.45) is 5.73 Å². The summed E-state index contributed by atoms with van der Waals surface area (Å²) in [5.74, 6) is 0.350. The van der Waals surface area contributed by atoms with E-state index in [4.69, 9.17) is 16.2 Å². The van der Waals surface area contributed by atoms with Crippen LogP contribution in [-0.4, -0.2) is 10.9 Å². The molecule has 1 aromatic carbocycles. The number of hydrogen-bond acceptors (Lipinski definition) is 4. The van der Waals surface area contributed by atoms with Gasteiger partial charge in [0.25, 0.3) is 0 Å². The Labute approximate surface area is 98.0 Å². The van der Waals surface area contributed by atoms with E-state index >= 15 is 0 Å². The van der Waals surface area contributed by atoms with E-state index in [1.807, 2.05) is 12.1 Å². The van der Waals surface area contributed by atoms with Gasteiger partial charge in [-0.15, -0.1) is 0 Å². The number of anilines is 1. The van der Waals surface area contributed by atoms with Gasteiger partial charge in [0.05, 0.1) is 11.3 Å². The number of ether oxygens (including phenoxy) is 1. The number of para-hydroxylation sites is 2. The maximum Gasteiger partial charge on any atom is 0.250 e. The molecule has 0 spiro atoms. The quantitative estimate of drug-likeness (QED) is 0.781. The number of primary amides is 1. The van der Waals surface area contributed by atoms with Crippen molar-refractivity contribution in [2.75, 3.05) is 5.73 Å². The number of pyridine rings is 1. The lowest BCUT2D eigenvalue weighted by Crippen LogP contribution is -2.10. The van der Waals surface area contributed by atoms with Gasteiger partial charge in [-0.3, -0.25) is 4.79 Å². The molecule has 0 saturated carbocycles. The lowest BCUT2D eigenvalue weighted by Gasteiger charge is -2.06. The number of nitrogens with two attached hydrogens (primary N) is 2. The van der Waals surface area contributed by atoms with Gasteiger partial charge in [0, 0.05) is 12.3 Å². The molecule has 86 valence electrons. The molecule has 1 heterocycles. The molecule has 4 N–H and O–H groups in total. The monoisotopic (exact) mass is 229 g/mol. The van der Waals surface area contributed by atoms with Gasteiger partial charge in [-0.05, 0) is 18.2 Å². The zero-order chi connectivity index (χ0) is 12.3. The fraction of sp³-hybridized carbons (Fsp3) is 0. The van der Waals surface area contributed by atoms with Gasteiger partial charge in [-0.25, -0.2) is 4.98 Å². The molecule has 17 heavy (non-hydrogen) atoms. The van der Waals surface area contributed by atoms with Gasteiger partial charge in [-0.2, -0.15) is 0 Å². The molecule has 5 nitrogen and oxygen atoms in total. The summed E-state index contributed by atoms with van der Waals surface area (Å²) in [6.07, 6.45) is 1.36. The lowest BCUT2D eigenvalue weighted by atomic mass is 10.3. The normalized spacial score (nSPS) is 9.88. The minimum atomic E-state index is -0.525. The first-order valence-corrected chi connectivity index (χ1v) is 4.95. The third-order valence-corrected chi connectivity index (χ3v) is 2.15. The van der Waals surface area contributed by atoms with Crippen molar-refractivity contribution in [3.05, 3.63) is 48.2 Å². The molecule has 0 fully saturated rings. The molecule has 1 aromatic heterocycles. The van der Waals surface area contributed by atoms with E-state index < -0.39 is 5.91 Å². The van der Waals surface area contributed by atoms with Crippen LogP contribution in [0.15, 0.2) is 42.6 Å². The number of hydrogen-bond donors (Lipinski definition) is 2. The summed E-state index contributed by atoms with van der Waals surface area (Å²) in [6, 6.07) is 10.2. The summed E-state index contributed by atoms with van der Waals surface area (Å²) in [5.41, 5.74) is 11.7. The zero-order valence-electron chi connectivity index (χ0n) is 8.96. The van der Waals surface area contributed by atoms with Gasteiger partial charge in [-0.1, -0.05) is 12.1 Å². The van der Waals surface area contributed by atoms with Crippen LogP contribution in [0.4, 0.5) is 5.69 Å². The van der Waals surface area contributed by atoms with Crippen LogP contribution in [0, 0.1) is 0 Å². The van der Waals surface area contributed by atoms with Crippen molar-refractivity contribution >= 4 is 11.6 Å². The van der Waals surface area contributed by atoms with E-state index in [2.05, 4.69) is 4.98 Å². The van der Waals surface area contributed by atoms with E-state index in [0.717, 1.165) is 0 Å². The third kappa shape index (κ3) is 2.52. The highest BCUT2D eigenvalue weighted by Crippen LogP contribution is 2.25. The predicted octanol–water partition coefficient (Wildman–Crippen LogP) is 1.55. The SMILES string of the molecule is NC(=O)c1ccc(Oc2ccccc2N)nc1. The fourth-order valence-electron chi connectivity index (χ4n) is 1.27. The first-order chi connectivity index (χ1) is 8.16. The first kappa shape index (κ1) is 10.9. The highest BCUT2D eigenvalue weighted by atomic mass is 16.5. The van der Waals surface area contributed by atoms with Gasteiger partial charge in [0.15, 0.2) is 5.75 Å². The molecule has 0 unspecified atom stereocenters. The van der Waals surface area contributed by atoms with E-state index in [1.54, 1.807) is 24.3 Å². The predicted molar refractivity (Wildman–Crippen MR) is 63.7 cm³/mol. The van der Waals surface area contributed by atoms with E-state index in [1.165, 1.54) is 6.20 Å². The molecule has 0 saturated heterocycles. The second kappa shape index (κ2) is 4.52. The van der Waals surface area contributed by atoms with Crippen LogP contribution in [0.25, 0.3) is 0 Å². The maximum atomic E-state index is 10.8. The Kier molecular flexibility index (Phi) is 2.91. The van der Waals surface area contributed by atoms with E-state index in [0.29, 0.717) is 22.9 Å². The van der Waals surface area contributed by atoms with Crippen LogP contribution in [0.3, 0.4) is 0 Å². The van der Waals surface area contributed by atoms with Gasteiger partial charge in [0.2, 0.25) is 11.8 Å². The average Bonchev–Trinajstić information content (AvgIpc) is 2.33. The standard InChI is InChI=1S/C12H11N3O2/c13-9-3-1-2-4-10(9)17-11-6-5-8(7-15-11)12(14)16/h1-7H,13H2,(H2,14,16). The van der Waals surface area contributed by atoms with Crippen LogP contribution >= 0.6 is 0 Å². The summed E-state index contributed by atoms with van der Waals surface area (Å²) in [4.78, 5) is 14.8.